The summed E-state index contributed by atoms with van der Waals surface area (Å²) in [6.07, 6.45) is 6.43. The maximum absolute atomic E-state index is 4.06. The lowest BCUT2D eigenvalue weighted by atomic mass is 9.96. The predicted molar refractivity (Wildman–Crippen MR) is 78.0 cm³/mol. The van der Waals surface area contributed by atoms with Gasteiger partial charge >= 0.3 is 0 Å². The minimum absolute atomic E-state index is 0. The summed E-state index contributed by atoms with van der Waals surface area (Å²) >= 11 is 0. The predicted octanol–water partition coefficient (Wildman–Crippen LogP) is 2.32. The highest BCUT2D eigenvalue weighted by atomic mass is 35.5. The van der Waals surface area contributed by atoms with Gasteiger partial charge in [-0.25, -0.2) is 0 Å². The van der Waals surface area contributed by atoms with Crippen LogP contribution in [0.5, 0.6) is 0 Å². The van der Waals surface area contributed by atoms with Gasteiger partial charge in [0.05, 0.1) is 0 Å². The van der Waals surface area contributed by atoms with E-state index in [0.29, 0.717) is 0 Å². The van der Waals surface area contributed by atoms with Crippen molar-refractivity contribution in [2.75, 3.05) is 26.2 Å². The summed E-state index contributed by atoms with van der Waals surface area (Å²) in [5.41, 5.74) is 1.38. The van der Waals surface area contributed by atoms with Gasteiger partial charge in [0.25, 0.3) is 0 Å². The second-order valence-corrected chi connectivity index (χ2v) is 4.88. The molecule has 0 spiro atoms. The number of pyridine rings is 1. The number of hydrogen-bond donors (Lipinski definition) is 1. The number of piperidine rings is 1. The molecule has 4 heteroatoms. The summed E-state index contributed by atoms with van der Waals surface area (Å²) in [4.78, 5) is 6.61. The summed E-state index contributed by atoms with van der Waals surface area (Å²) in [5.74, 6) is 0.878. The van der Waals surface area contributed by atoms with Crippen LogP contribution in [0.2, 0.25) is 0 Å². The quantitative estimate of drug-likeness (QED) is 0.889. The largest absolute Gasteiger partial charge is 0.317 e. The molecule has 2 rings (SSSR count). The van der Waals surface area contributed by atoms with Crippen molar-refractivity contribution in [3.63, 3.8) is 0 Å². The third kappa shape index (κ3) is 4.92. The fraction of sp³-hybridized carbons (Fsp3) is 0.643. The van der Waals surface area contributed by atoms with Crippen molar-refractivity contribution in [2.45, 2.75) is 26.3 Å². The van der Waals surface area contributed by atoms with E-state index >= 15 is 0 Å². The molecule has 0 bridgehead atoms. The van der Waals surface area contributed by atoms with Gasteiger partial charge in [0.1, 0.15) is 0 Å². The maximum Gasteiger partial charge on any atom is 0.0271 e. The van der Waals surface area contributed by atoms with Gasteiger partial charge in [-0.3, -0.25) is 9.88 Å². The standard InChI is InChI=1S/C14H23N3.ClH/c1-2-15-11-13-5-9-17(10-6-13)12-14-3-7-16-8-4-14;/h3-4,7-8,13,15H,2,5-6,9-12H2,1H3;1H. The van der Waals surface area contributed by atoms with Gasteiger partial charge in [-0.15, -0.1) is 12.4 Å². The van der Waals surface area contributed by atoms with Crippen LogP contribution in [-0.4, -0.2) is 36.1 Å². The monoisotopic (exact) mass is 269 g/mol. The summed E-state index contributed by atoms with van der Waals surface area (Å²) < 4.78 is 0. The Labute approximate surface area is 116 Å². The summed E-state index contributed by atoms with van der Waals surface area (Å²) in [5, 5.41) is 3.46. The number of likely N-dealkylation sites (tertiary alicyclic amines) is 1. The average molecular weight is 270 g/mol. The Bertz CT molecular complexity index is 310. The van der Waals surface area contributed by atoms with Gasteiger partial charge in [0.2, 0.25) is 0 Å². The highest BCUT2D eigenvalue weighted by Gasteiger charge is 2.18. The lowest BCUT2D eigenvalue weighted by molar-refractivity contribution is 0.176. The van der Waals surface area contributed by atoms with Gasteiger partial charge in [-0.1, -0.05) is 6.92 Å². The molecule has 0 saturated carbocycles. The zero-order valence-electron chi connectivity index (χ0n) is 11.1. The van der Waals surface area contributed by atoms with E-state index in [0.717, 1.165) is 19.0 Å². The summed E-state index contributed by atoms with van der Waals surface area (Å²) in [6.45, 7) is 8.02. The van der Waals surface area contributed by atoms with E-state index in [1.54, 1.807) is 0 Å². The molecule has 3 nitrogen and oxygen atoms in total. The van der Waals surface area contributed by atoms with Crippen molar-refractivity contribution in [1.29, 1.82) is 0 Å². The van der Waals surface area contributed by atoms with Gasteiger partial charge in [0, 0.05) is 18.9 Å². The van der Waals surface area contributed by atoms with E-state index in [9.17, 15) is 0 Å². The topological polar surface area (TPSA) is 28.2 Å². The van der Waals surface area contributed by atoms with Gasteiger partial charge < -0.3 is 5.32 Å². The van der Waals surface area contributed by atoms with Gasteiger partial charge in [0.15, 0.2) is 0 Å². The van der Waals surface area contributed by atoms with Crippen LogP contribution in [0.4, 0.5) is 0 Å². The SMILES string of the molecule is CCNCC1CCN(Cc2ccncc2)CC1.Cl. The van der Waals surface area contributed by atoms with Crippen molar-refractivity contribution in [3.8, 4) is 0 Å². The third-order valence-electron chi connectivity index (χ3n) is 3.55. The zero-order chi connectivity index (χ0) is 11.9. The normalized spacial score (nSPS) is 17.4. The van der Waals surface area contributed by atoms with Gasteiger partial charge in [-0.05, 0) is 62.6 Å². The van der Waals surface area contributed by atoms with E-state index in [2.05, 4.69) is 34.3 Å². The van der Waals surface area contributed by atoms with Crippen LogP contribution in [0.1, 0.15) is 25.3 Å². The van der Waals surface area contributed by atoms with Crippen LogP contribution in [-0.2, 0) is 6.54 Å². The molecule has 2 heterocycles. The summed E-state index contributed by atoms with van der Waals surface area (Å²) in [6, 6.07) is 4.23. The lowest BCUT2D eigenvalue weighted by Gasteiger charge is -2.32. The maximum atomic E-state index is 4.06. The Morgan fingerprint density at radius 2 is 1.94 bits per heavy atom. The molecule has 0 aliphatic carbocycles. The van der Waals surface area contributed by atoms with Gasteiger partial charge in [-0.2, -0.15) is 0 Å². The molecule has 1 aromatic heterocycles. The van der Waals surface area contributed by atoms with Crippen LogP contribution < -0.4 is 5.32 Å². The molecule has 1 saturated heterocycles. The Hall–Kier alpha value is -0.640. The average Bonchev–Trinajstić information content (AvgIpc) is 2.39. The number of aromatic nitrogens is 1. The molecule has 0 unspecified atom stereocenters. The molecule has 1 N–H and O–H groups in total. The summed E-state index contributed by atoms with van der Waals surface area (Å²) in [7, 11) is 0. The first-order valence-electron chi connectivity index (χ1n) is 6.70. The van der Waals surface area contributed by atoms with E-state index in [1.807, 2.05) is 12.4 Å². The highest BCUT2D eigenvalue weighted by Crippen LogP contribution is 2.18. The van der Waals surface area contributed by atoms with Crippen LogP contribution in [0, 0.1) is 5.92 Å². The van der Waals surface area contributed by atoms with E-state index in [4.69, 9.17) is 0 Å². The molecule has 1 aromatic rings. The molecule has 0 atom stereocenters. The molecule has 1 aliphatic rings. The molecule has 0 amide bonds. The number of halogens is 1. The van der Waals surface area contributed by atoms with Crippen molar-refractivity contribution < 1.29 is 0 Å². The van der Waals surface area contributed by atoms with E-state index < -0.39 is 0 Å². The second kappa shape index (κ2) is 8.46. The Morgan fingerprint density at radius 3 is 2.56 bits per heavy atom. The van der Waals surface area contributed by atoms with Crippen LogP contribution in [0.3, 0.4) is 0 Å². The second-order valence-electron chi connectivity index (χ2n) is 4.88. The molecule has 18 heavy (non-hydrogen) atoms. The Morgan fingerprint density at radius 1 is 1.28 bits per heavy atom. The fourth-order valence-corrected chi connectivity index (χ4v) is 2.44. The number of hydrogen-bond acceptors (Lipinski definition) is 3. The minimum atomic E-state index is 0. The zero-order valence-corrected chi connectivity index (χ0v) is 12.0. The molecule has 1 aliphatic heterocycles. The van der Waals surface area contributed by atoms with Crippen LogP contribution >= 0.6 is 12.4 Å². The van der Waals surface area contributed by atoms with E-state index in [-0.39, 0.29) is 12.4 Å². The number of nitrogens with zero attached hydrogens (tertiary/aromatic N) is 2. The minimum Gasteiger partial charge on any atom is -0.317 e. The molecular formula is C14H24ClN3. The van der Waals surface area contributed by atoms with Crippen LogP contribution in [0.25, 0.3) is 0 Å². The first-order valence-corrected chi connectivity index (χ1v) is 6.70. The number of nitrogens with one attached hydrogen (secondary N) is 1. The molecular weight excluding hydrogens is 246 g/mol. The van der Waals surface area contributed by atoms with Crippen LogP contribution in [0.15, 0.2) is 24.5 Å². The molecule has 0 radical (unpaired) electrons. The first-order chi connectivity index (χ1) is 8.38. The van der Waals surface area contributed by atoms with Crippen molar-refractivity contribution in [1.82, 2.24) is 15.2 Å². The molecule has 0 aromatic carbocycles. The van der Waals surface area contributed by atoms with E-state index in [1.165, 1.54) is 38.0 Å². The highest BCUT2D eigenvalue weighted by molar-refractivity contribution is 5.85. The fourth-order valence-electron chi connectivity index (χ4n) is 2.44. The first kappa shape index (κ1) is 15.4. The third-order valence-corrected chi connectivity index (χ3v) is 3.55. The van der Waals surface area contributed by atoms with Crippen molar-refractivity contribution >= 4 is 12.4 Å². The smallest absolute Gasteiger partial charge is 0.0271 e. The molecule has 102 valence electrons. The van der Waals surface area contributed by atoms with Crippen molar-refractivity contribution in [3.05, 3.63) is 30.1 Å². The van der Waals surface area contributed by atoms with Crippen molar-refractivity contribution in [2.24, 2.45) is 5.92 Å². The Kier molecular flexibility index (Phi) is 7.25. The molecule has 1 fully saturated rings. The number of rotatable bonds is 5. The Balaban J connectivity index is 0.00000162. The lowest BCUT2D eigenvalue weighted by Crippen LogP contribution is -2.36.